The van der Waals surface area contributed by atoms with Gasteiger partial charge in [-0.05, 0) is 18.6 Å². The molecule has 2 aromatic rings. The number of benzene rings is 1. The maximum absolute atomic E-state index is 12.2. The van der Waals surface area contributed by atoms with E-state index in [1.165, 1.54) is 0 Å². The topological polar surface area (TPSA) is 144 Å². The van der Waals surface area contributed by atoms with Crippen LogP contribution in [0.15, 0.2) is 23.3 Å². The van der Waals surface area contributed by atoms with Crippen molar-refractivity contribution < 1.29 is 22.6 Å². The van der Waals surface area contributed by atoms with Gasteiger partial charge in [-0.2, -0.15) is 13.5 Å². The zero-order valence-electron chi connectivity index (χ0n) is 13.7. The number of hydrogen-bond acceptors (Lipinski definition) is 6. The lowest BCUT2D eigenvalue weighted by Crippen LogP contribution is -2.27. The van der Waals surface area contributed by atoms with Gasteiger partial charge >= 0.3 is 0 Å². The third-order valence-electron chi connectivity index (χ3n) is 3.68. The summed E-state index contributed by atoms with van der Waals surface area (Å²) in [6.07, 6.45) is 2.28. The van der Waals surface area contributed by atoms with Gasteiger partial charge in [0.15, 0.2) is 5.78 Å². The summed E-state index contributed by atoms with van der Waals surface area (Å²) < 4.78 is 27.8. The first kappa shape index (κ1) is 18.6. The SMILES string of the molecule is CS(=O)(=O)O.Cc1c(C(=O)NC=NN)n2c3c(cccc13)C(=O)CC2. The number of Topliss-reactive ketones (excluding diaryl/α,β-unsaturated/α-hetero) is 1. The van der Waals surface area contributed by atoms with Crippen molar-refractivity contribution in [3.63, 3.8) is 0 Å². The fourth-order valence-corrected chi connectivity index (χ4v) is 2.83. The molecule has 0 radical (unpaired) electrons. The van der Waals surface area contributed by atoms with Crippen LogP contribution in [0.2, 0.25) is 0 Å². The zero-order chi connectivity index (χ0) is 18.8. The maximum Gasteiger partial charge on any atom is 0.273 e. The number of para-hydroxylation sites is 1. The Morgan fingerprint density at radius 3 is 2.68 bits per heavy atom. The van der Waals surface area contributed by atoms with Gasteiger partial charge in [0.2, 0.25) is 0 Å². The van der Waals surface area contributed by atoms with E-state index in [0.717, 1.165) is 22.8 Å². The van der Waals surface area contributed by atoms with Crippen LogP contribution in [0.3, 0.4) is 0 Å². The third kappa shape index (κ3) is 4.03. The van der Waals surface area contributed by atoms with Crippen LogP contribution >= 0.6 is 0 Å². The number of nitrogens with one attached hydrogen (secondary N) is 1. The van der Waals surface area contributed by atoms with E-state index in [-0.39, 0.29) is 11.7 Å². The van der Waals surface area contributed by atoms with Crippen LogP contribution in [-0.4, -0.2) is 41.8 Å². The zero-order valence-corrected chi connectivity index (χ0v) is 14.5. The molecule has 134 valence electrons. The monoisotopic (exact) mass is 366 g/mol. The first-order valence-electron chi connectivity index (χ1n) is 7.25. The number of rotatable bonds is 2. The average Bonchev–Trinajstić information content (AvgIpc) is 2.81. The van der Waals surface area contributed by atoms with Gasteiger partial charge in [0.05, 0.1) is 11.8 Å². The Bertz CT molecular complexity index is 967. The number of carbonyl (C=O) groups excluding carboxylic acids is 2. The van der Waals surface area contributed by atoms with Crippen LogP contribution < -0.4 is 11.2 Å². The lowest BCUT2D eigenvalue weighted by molar-refractivity contribution is 0.0947. The number of carbonyl (C=O) groups is 2. The van der Waals surface area contributed by atoms with Gasteiger partial charge < -0.3 is 15.7 Å². The van der Waals surface area contributed by atoms with Crippen molar-refractivity contribution in [1.82, 2.24) is 9.88 Å². The van der Waals surface area contributed by atoms with Gasteiger partial charge in [-0.1, -0.05) is 12.1 Å². The highest BCUT2D eigenvalue weighted by atomic mass is 32.2. The first-order chi connectivity index (χ1) is 11.6. The van der Waals surface area contributed by atoms with E-state index in [9.17, 15) is 18.0 Å². The summed E-state index contributed by atoms with van der Waals surface area (Å²) >= 11 is 0. The summed E-state index contributed by atoms with van der Waals surface area (Å²) in [6, 6.07) is 5.58. The molecule has 9 nitrogen and oxygen atoms in total. The number of nitrogens with zero attached hydrogens (tertiary/aromatic N) is 2. The highest BCUT2D eigenvalue weighted by Gasteiger charge is 2.26. The maximum atomic E-state index is 12.2. The molecule has 0 aliphatic carbocycles. The predicted octanol–water partition coefficient (Wildman–Crippen LogP) is 0.672. The van der Waals surface area contributed by atoms with Crippen molar-refractivity contribution in [2.75, 3.05) is 6.26 Å². The first-order valence-corrected chi connectivity index (χ1v) is 9.10. The Labute approximate surface area is 144 Å². The van der Waals surface area contributed by atoms with E-state index >= 15 is 0 Å². The molecule has 0 fully saturated rings. The van der Waals surface area contributed by atoms with Crippen molar-refractivity contribution >= 4 is 39.1 Å². The third-order valence-corrected chi connectivity index (χ3v) is 3.68. The summed E-state index contributed by atoms with van der Waals surface area (Å²) in [7, 11) is -3.67. The molecular weight excluding hydrogens is 348 g/mol. The highest BCUT2D eigenvalue weighted by molar-refractivity contribution is 7.85. The molecule has 25 heavy (non-hydrogen) atoms. The molecule has 1 aliphatic rings. The molecule has 0 unspecified atom stereocenters. The molecule has 0 atom stereocenters. The number of aryl methyl sites for hydroxylation is 2. The Kier molecular flexibility index (Phi) is 5.24. The number of ketones is 1. The molecule has 0 bridgehead atoms. The van der Waals surface area contributed by atoms with Crippen LogP contribution in [0.25, 0.3) is 10.9 Å². The average molecular weight is 366 g/mol. The van der Waals surface area contributed by atoms with Crippen LogP contribution in [0.5, 0.6) is 0 Å². The number of hydrogen-bond donors (Lipinski definition) is 3. The Morgan fingerprint density at radius 2 is 2.08 bits per heavy atom. The Balaban J connectivity index is 0.000000399. The molecule has 1 amide bonds. The molecule has 0 saturated carbocycles. The lowest BCUT2D eigenvalue weighted by Gasteiger charge is -2.16. The van der Waals surface area contributed by atoms with Gasteiger partial charge in [0.25, 0.3) is 16.0 Å². The van der Waals surface area contributed by atoms with Crippen molar-refractivity contribution in [3.8, 4) is 0 Å². The standard InChI is InChI=1S/C14H14N4O2.CH4O3S/c1-8-9-3-2-4-10-11(19)5-6-18(13(9)10)12(8)14(20)16-7-17-15;1-5(2,3)4/h2-4,7H,5-6,15H2,1H3,(H,16,17,20);1H3,(H,2,3,4). The molecule has 2 heterocycles. The van der Waals surface area contributed by atoms with Gasteiger partial charge in [-0.25, -0.2) is 0 Å². The number of hydrazone groups is 1. The molecule has 1 aromatic heterocycles. The Morgan fingerprint density at radius 1 is 1.44 bits per heavy atom. The second-order valence-corrected chi connectivity index (χ2v) is 6.95. The van der Waals surface area contributed by atoms with E-state index in [4.69, 9.17) is 10.4 Å². The van der Waals surface area contributed by atoms with Crippen LogP contribution in [0.1, 0.15) is 32.8 Å². The molecule has 0 saturated heterocycles. The van der Waals surface area contributed by atoms with Crippen molar-refractivity contribution in [3.05, 3.63) is 35.0 Å². The summed E-state index contributed by atoms with van der Waals surface area (Å²) in [5.74, 6) is 4.85. The van der Waals surface area contributed by atoms with E-state index < -0.39 is 10.1 Å². The van der Waals surface area contributed by atoms with E-state index in [0.29, 0.717) is 30.5 Å². The van der Waals surface area contributed by atoms with E-state index in [1.807, 2.05) is 29.7 Å². The number of amides is 1. The normalized spacial score (nSPS) is 13.6. The molecule has 3 rings (SSSR count). The molecule has 10 heteroatoms. The highest BCUT2D eigenvalue weighted by Crippen LogP contribution is 2.32. The lowest BCUT2D eigenvalue weighted by atomic mass is 10.0. The molecule has 1 aliphatic heterocycles. The van der Waals surface area contributed by atoms with E-state index in [1.54, 1.807) is 0 Å². The summed E-state index contributed by atoms with van der Waals surface area (Å²) in [5.41, 5.74) is 2.94. The largest absolute Gasteiger partial charge is 0.335 e. The van der Waals surface area contributed by atoms with Crippen LogP contribution in [0, 0.1) is 6.92 Å². The molecular formula is C15H18N4O5S. The quantitative estimate of drug-likeness (QED) is 0.234. The minimum Gasteiger partial charge on any atom is -0.335 e. The minimum absolute atomic E-state index is 0.121. The number of aromatic nitrogens is 1. The number of nitrogens with two attached hydrogens (primary N) is 1. The van der Waals surface area contributed by atoms with E-state index in [2.05, 4.69) is 10.4 Å². The second kappa shape index (κ2) is 7.03. The minimum atomic E-state index is -3.67. The predicted molar refractivity (Wildman–Crippen MR) is 93.2 cm³/mol. The molecule has 1 aromatic carbocycles. The van der Waals surface area contributed by atoms with Crippen LogP contribution in [-0.2, 0) is 16.7 Å². The molecule has 0 spiro atoms. The van der Waals surface area contributed by atoms with Gasteiger partial charge in [-0.15, -0.1) is 0 Å². The fraction of sp³-hybridized carbons (Fsp3) is 0.267. The van der Waals surface area contributed by atoms with Crippen molar-refractivity contribution in [2.45, 2.75) is 19.9 Å². The summed E-state index contributed by atoms with van der Waals surface area (Å²) in [6.45, 7) is 2.40. The van der Waals surface area contributed by atoms with Crippen molar-refractivity contribution in [2.24, 2.45) is 10.9 Å². The second-order valence-electron chi connectivity index (χ2n) is 5.48. The molecule has 4 N–H and O–H groups in total. The summed E-state index contributed by atoms with van der Waals surface area (Å²) in [5, 5.41) is 6.72. The van der Waals surface area contributed by atoms with Gasteiger partial charge in [0, 0.05) is 23.9 Å². The van der Waals surface area contributed by atoms with Gasteiger partial charge in [-0.3, -0.25) is 14.1 Å². The van der Waals surface area contributed by atoms with Crippen molar-refractivity contribution in [1.29, 1.82) is 0 Å². The fourth-order valence-electron chi connectivity index (χ4n) is 2.83. The van der Waals surface area contributed by atoms with Gasteiger partial charge in [0.1, 0.15) is 12.0 Å². The summed E-state index contributed by atoms with van der Waals surface area (Å²) in [4.78, 5) is 24.2. The Hall–Kier alpha value is -2.72. The van der Waals surface area contributed by atoms with Crippen LogP contribution in [0.4, 0.5) is 0 Å². The smallest absolute Gasteiger partial charge is 0.273 e.